The van der Waals surface area contributed by atoms with Gasteiger partial charge in [-0.1, -0.05) is 30.3 Å². The highest BCUT2D eigenvalue weighted by atomic mass is 19.3. The van der Waals surface area contributed by atoms with Crippen molar-refractivity contribution < 1.29 is 27.4 Å². The van der Waals surface area contributed by atoms with E-state index in [1.165, 1.54) is 0 Å². The van der Waals surface area contributed by atoms with Gasteiger partial charge in [0.05, 0.1) is 12.7 Å². The van der Waals surface area contributed by atoms with E-state index >= 15 is 0 Å². The zero-order valence-electron chi connectivity index (χ0n) is 10.7. The summed E-state index contributed by atoms with van der Waals surface area (Å²) in [6.07, 6.45) is -3.91. The van der Waals surface area contributed by atoms with Crippen molar-refractivity contribution in [3.05, 3.63) is 35.9 Å². The average Bonchev–Trinajstić information content (AvgIpc) is 3.19. The van der Waals surface area contributed by atoms with Crippen molar-refractivity contribution in [3.63, 3.8) is 0 Å². The van der Waals surface area contributed by atoms with Gasteiger partial charge in [-0.3, -0.25) is 0 Å². The van der Waals surface area contributed by atoms with Crippen LogP contribution < -0.4 is 0 Å². The van der Waals surface area contributed by atoms with Gasteiger partial charge in [-0.05, 0) is 23.8 Å². The van der Waals surface area contributed by atoms with Gasteiger partial charge in [-0.15, -0.1) is 0 Å². The third-order valence-corrected chi connectivity index (χ3v) is 3.46. The lowest BCUT2D eigenvalue weighted by molar-refractivity contribution is -0.171. The van der Waals surface area contributed by atoms with E-state index in [0.29, 0.717) is 0 Å². The van der Waals surface area contributed by atoms with Crippen molar-refractivity contribution in [2.75, 3.05) is 13.2 Å². The molecule has 0 heterocycles. The first-order valence-electron chi connectivity index (χ1n) is 6.38. The highest BCUT2D eigenvalue weighted by Gasteiger charge is 2.44. The molecule has 1 saturated carbocycles. The zero-order chi connectivity index (χ0) is 14.8. The number of alkyl halides is 4. The van der Waals surface area contributed by atoms with Crippen LogP contribution in [-0.2, 0) is 4.74 Å². The summed E-state index contributed by atoms with van der Waals surface area (Å²) in [6.45, 7) is -1.72. The Morgan fingerprint density at radius 3 is 2.50 bits per heavy atom. The Bertz CT molecular complexity index is 424. The first kappa shape index (κ1) is 15.3. The summed E-state index contributed by atoms with van der Waals surface area (Å²) in [7, 11) is 0. The van der Waals surface area contributed by atoms with Crippen LogP contribution in [0.3, 0.4) is 0 Å². The lowest BCUT2D eigenvalue weighted by atomic mass is 10.1. The van der Waals surface area contributed by atoms with Gasteiger partial charge in [-0.25, -0.2) is 8.78 Å². The first-order valence-corrected chi connectivity index (χ1v) is 6.38. The molecule has 3 atom stereocenters. The molecule has 0 spiro atoms. The van der Waals surface area contributed by atoms with Crippen molar-refractivity contribution in [2.24, 2.45) is 5.92 Å². The van der Waals surface area contributed by atoms with Gasteiger partial charge in [0.15, 0.2) is 0 Å². The smallest absolute Gasteiger partial charge is 0.330 e. The molecule has 0 aromatic heterocycles. The number of halogens is 4. The first-order chi connectivity index (χ1) is 9.42. The molecule has 0 amide bonds. The standard InChI is InChI=1S/C14H16F4O2/c15-13(16)14(17,18)8-20-7-12(19)11-6-10(11)9-4-2-1-3-5-9/h1-5,10-13,19H,6-8H2. The third-order valence-electron chi connectivity index (χ3n) is 3.46. The predicted molar refractivity (Wildman–Crippen MR) is 65.1 cm³/mol. The molecule has 1 aliphatic rings. The molecule has 1 aromatic rings. The maximum absolute atomic E-state index is 12.6. The van der Waals surface area contributed by atoms with Crippen LogP contribution in [0.5, 0.6) is 0 Å². The number of rotatable bonds is 7. The molecule has 0 saturated heterocycles. The molecular weight excluding hydrogens is 276 g/mol. The normalized spacial score (nSPS) is 23.9. The van der Waals surface area contributed by atoms with E-state index in [-0.39, 0.29) is 18.4 Å². The number of benzene rings is 1. The molecule has 2 nitrogen and oxygen atoms in total. The van der Waals surface area contributed by atoms with Crippen molar-refractivity contribution in [1.82, 2.24) is 0 Å². The van der Waals surface area contributed by atoms with Crippen LogP contribution in [0.4, 0.5) is 17.6 Å². The number of hydrogen-bond donors (Lipinski definition) is 1. The molecule has 20 heavy (non-hydrogen) atoms. The fourth-order valence-electron chi connectivity index (χ4n) is 2.23. The summed E-state index contributed by atoms with van der Waals surface area (Å²) in [5.41, 5.74) is 1.08. The van der Waals surface area contributed by atoms with Crippen LogP contribution >= 0.6 is 0 Å². The molecule has 3 unspecified atom stereocenters. The quantitative estimate of drug-likeness (QED) is 0.783. The summed E-state index contributed by atoms with van der Waals surface area (Å²) in [4.78, 5) is 0. The second-order valence-corrected chi connectivity index (χ2v) is 5.06. The van der Waals surface area contributed by atoms with Crippen LogP contribution in [0.25, 0.3) is 0 Å². The van der Waals surface area contributed by atoms with Gasteiger partial charge in [0.2, 0.25) is 0 Å². The van der Waals surface area contributed by atoms with Crippen LogP contribution in [0.15, 0.2) is 30.3 Å². The lowest BCUT2D eigenvalue weighted by Crippen LogP contribution is -2.34. The molecule has 0 radical (unpaired) electrons. The molecule has 0 aliphatic heterocycles. The molecule has 1 N–H and O–H groups in total. The topological polar surface area (TPSA) is 29.5 Å². The minimum Gasteiger partial charge on any atom is -0.390 e. The lowest BCUT2D eigenvalue weighted by Gasteiger charge is -2.17. The van der Waals surface area contributed by atoms with Crippen LogP contribution in [0.2, 0.25) is 0 Å². The largest absolute Gasteiger partial charge is 0.390 e. The maximum atomic E-state index is 12.6. The van der Waals surface area contributed by atoms with Crippen molar-refractivity contribution in [2.45, 2.75) is 30.8 Å². The van der Waals surface area contributed by atoms with Crippen molar-refractivity contribution in [3.8, 4) is 0 Å². The van der Waals surface area contributed by atoms with E-state index in [1.54, 1.807) is 0 Å². The molecule has 2 rings (SSSR count). The van der Waals surface area contributed by atoms with Gasteiger partial charge < -0.3 is 9.84 Å². The number of aliphatic hydroxyl groups is 1. The van der Waals surface area contributed by atoms with E-state index in [0.717, 1.165) is 12.0 Å². The Kier molecular flexibility index (Phi) is 4.65. The minimum absolute atomic E-state index is 0.0578. The predicted octanol–water partition coefficient (Wildman–Crippen LogP) is 3.07. The fraction of sp³-hybridized carbons (Fsp3) is 0.571. The molecule has 1 fully saturated rings. The maximum Gasteiger partial charge on any atom is 0.330 e. The SMILES string of the molecule is OC(COCC(F)(F)C(F)F)C1CC1c1ccccc1. The van der Waals surface area contributed by atoms with Gasteiger partial charge in [0, 0.05) is 0 Å². The van der Waals surface area contributed by atoms with Crippen LogP contribution in [0, 0.1) is 5.92 Å². The average molecular weight is 292 g/mol. The molecule has 1 aliphatic carbocycles. The van der Waals surface area contributed by atoms with E-state index < -0.39 is 25.1 Å². The summed E-state index contributed by atoms with van der Waals surface area (Å²) < 4.78 is 53.5. The second kappa shape index (κ2) is 6.10. The van der Waals surface area contributed by atoms with Crippen LogP contribution in [0.1, 0.15) is 17.9 Å². The Labute approximate surface area is 114 Å². The Balaban J connectivity index is 1.74. The number of ether oxygens (including phenoxy) is 1. The number of aliphatic hydroxyl groups excluding tert-OH is 1. The summed E-state index contributed by atoms with van der Waals surface area (Å²) in [5.74, 6) is -4.04. The van der Waals surface area contributed by atoms with E-state index in [4.69, 9.17) is 0 Å². The Morgan fingerprint density at radius 1 is 1.25 bits per heavy atom. The van der Waals surface area contributed by atoms with Gasteiger partial charge in [0.25, 0.3) is 0 Å². The summed E-state index contributed by atoms with van der Waals surface area (Å²) >= 11 is 0. The molecule has 6 heteroatoms. The van der Waals surface area contributed by atoms with E-state index in [1.807, 2.05) is 30.3 Å². The Hall–Kier alpha value is -1.14. The molecular formula is C14H16F4O2. The fourth-order valence-corrected chi connectivity index (χ4v) is 2.23. The molecule has 0 bridgehead atoms. The van der Waals surface area contributed by atoms with Crippen LogP contribution in [-0.4, -0.2) is 36.8 Å². The highest BCUT2D eigenvalue weighted by molar-refractivity contribution is 5.26. The summed E-state index contributed by atoms with van der Waals surface area (Å²) in [5, 5.41) is 9.80. The third kappa shape index (κ3) is 3.70. The summed E-state index contributed by atoms with van der Waals surface area (Å²) in [6, 6.07) is 9.52. The van der Waals surface area contributed by atoms with E-state index in [9.17, 15) is 22.7 Å². The zero-order valence-corrected chi connectivity index (χ0v) is 10.7. The highest BCUT2D eigenvalue weighted by Crippen LogP contribution is 2.49. The monoisotopic (exact) mass is 292 g/mol. The van der Waals surface area contributed by atoms with Crippen molar-refractivity contribution >= 4 is 0 Å². The molecule has 112 valence electrons. The number of hydrogen-bond acceptors (Lipinski definition) is 2. The van der Waals surface area contributed by atoms with Gasteiger partial charge in [-0.2, -0.15) is 8.78 Å². The van der Waals surface area contributed by atoms with E-state index in [2.05, 4.69) is 4.74 Å². The second-order valence-electron chi connectivity index (χ2n) is 5.06. The van der Waals surface area contributed by atoms with Gasteiger partial charge in [0.1, 0.15) is 6.61 Å². The molecule has 1 aromatic carbocycles. The minimum atomic E-state index is -4.16. The van der Waals surface area contributed by atoms with Gasteiger partial charge >= 0.3 is 12.3 Å². The Morgan fingerprint density at radius 2 is 1.90 bits per heavy atom. The van der Waals surface area contributed by atoms with Crippen molar-refractivity contribution in [1.29, 1.82) is 0 Å².